The van der Waals surface area contributed by atoms with Crippen LogP contribution in [0, 0.1) is 5.92 Å². The van der Waals surface area contributed by atoms with Crippen LogP contribution >= 0.6 is 0 Å². The quantitative estimate of drug-likeness (QED) is 0.711. The summed E-state index contributed by atoms with van der Waals surface area (Å²) in [5.74, 6) is -1.21. The molecule has 7 nitrogen and oxygen atoms in total. The summed E-state index contributed by atoms with van der Waals surface area (Å²) in [5, 5.41) is 2.72. The summed E-state index contributed by atoms with van der Waals surface area (Å²) in [6, 6.07) is 11.2. The fourth-order valence-corrected chi connectivity index (χ4v) is 5.62. The van der Waals surface area contributed by atoms with Crippen LogP contribution in [0.15, 0.2) is 48.5 Å². The maximum atomic E-state index is 12.9. The SMILES string of the molecule is O=C(Nc1ccc(N2CCCS2(=O)=O)cc1)C1CC(=O)N(Cc2cccc(C(F)(F)F)c2)C1. The fourth-order valence-electron chi connectivity index (χ4n) is 4.05. The monoisotopic (exact) mass is 481 g/mol. The van der Waals surface area contributed by atoms with Gasteiger partial charge < -0.3 is 10.2 Å². The second kappa shape index (κ2) is 8.69. The predicted octanol–water partition coefficient (Wildman–Crippen LogP) is 3.23. The molecule has 0 aromatic heterocycles. The number of rotatable bonds is 5. The number of alkyl halides is 3. The normalized spacial score (nSPS) is 20.3. The molecular formula is C22H22F3N3O4S. The summed E-state index contributed by atoms with van der Waals surface area (Å²) in [7, 11) is -3.30. The van der Waals surface area contributed by atoms with Gasteiger partial charge >= 0.3 is 6.18 Å². The number of benzene rings is 2. The van der Waals surface area contributed by atoms with Crippen molar-refractivity contribution in [1.82, 2.24) is 4.90 Å². The number of nitrogens with one attached hydrogen (secondary N) is 1. The molecule has 0 bridgehead atoms. The number of carbonyl (C=O) groups is 2. The standard InChI is InChI=1S/C22H22F3N3O4S/c23-22(24,25)17-4-1-3-15(11-17)13-27-14-16(12-20(27)29)21(30)26-18-5-7-19(8-6-18)28-9-2-10-33(28,31)32/h1,3-8,11,16H,2,9-10,12-14H2,(H,26,30). The molecule has 2 heterocycles. The minimum atomic E-state index is -4.47. The van der Waals surface area contributed by atoms with E-state index in [1.807, 2.05) is 0 Å². The maximum absolute atomic E-state index is 12.9. The number of sulfonamides is 1. The smallest absolute Gasteiger partial charge is 0.338 e. The average Bonchev–Trinajstić information content (AvgIpc) is 3.30. The van der Waals surface area contributed by atoms with Gasteiger partial charge in [0.15, 0.2) is 0 Å². The van der Waals surface area contributed by atoms with E-state index in [9.17, 15) is 31.2 Å². The number of hydrogen-bond donors (Lipinski definition) is 1. The summed E-state index contributed by atoms with van der Waals surface area (Å²) in [5.41, 5.74) is 0.538. The van der Waals surface area contributed by atoms with Gasteiger partial charge in [0.1, 0.15) is 0 Å². The van der Waals surface area contributed by atoms with Crippen LogP contribution in [0.4, 0.5) is 24.5 Å². The zero-order chi connectivity index (χ0) is 23.8. The van der Waals surface area contributed by atoms with Gasteiger partial charge in [0.2, 0.25) is 21.8 Å². The average molecular weight is 481 g/mol. The maximum Gasteiger partial charge on any atom is 0.416 e. The second-order valence-corrected chi connectivity index (χ2v) is 10.2. The summed E-state index contributed by atoms with van der Waals surface area (Å²) in [4.78, 5) is 26.4. The Labute approximate surface area is 189 Å². The Hall–Kier alpha value is -3.08. The first kappa shape index (κ1) is 23.1. The third-order valence-corrected chi connectivity index (χ3v) is 7.60. The molecule has 33 heavy (non-hydrogen) atoms. The summed E-state index contributed by atoms with van der Waals surface area (Å²) < 4.78 is 64.1. The zero-order valence-corrected chi connectivity index (χ0v) is 18.3. The van der Waals surface area contributed by atoms with E-state index in [0.29, 0.717) is 29.9 Å². The Kier molecular flexibility index (Phi) is 6.08. The van der Waals surface area contributed by atoms with Crippen molar-refractivity contribution >= 4 is 33.2 Å². The van der Waals surface area contributed by atoms with Gasteiger partial charge in [-0.15, -0.1) is 0 Å². The third kappa shape index (κ3) is 5.13. The van der Waals surface area contributed by atoms with Crippen molar-refractivity contribution in [1.29, 1.82) is 0 Å². The Morgan fingerprint density at radius 3 is 2.48 bits per heavy atom. The van der Waals surface area contributed by atoms with Crippen molar-refractivity contribution in [2.75, 3.05) is 28.5 Å². The van der Waals surface area contributed by atoms with Gasteiger partial charge in [-0.25, -0.2) is 8.42 Å². The van der Waals surface area contributed by atoms with E-state index in [1.54, 1.807) is 24.3 Å². The molecule has 1 unspecified atom stereocenters. The van der Waals surface area contributed by atoms with Gasteiger partial charge in [0.05, 0.1) is 22.9 Å². The van der Waals surface area contributed by atoms with Crippen molar-refractivity contribution in [3.63, 3.8) is 0 Å². The molecule has 176 valence electrons. The van der Waals surface area contributed by atoms with Gasteiger partial charge in [-0.3, -0.25) is 13.9 Å². The van der Waals surface area contributed by atoms with Gasteiger partial charge in [-0.1, -0.05) is 12.1 Å². The van der Waals surface area contributed by atoms with Crippen LogP contribution in [-0.4, -0.2) is 44.0 Å². The first-order valence-corrected chi connectivity index (χ1v) is 12.0. The van der Waals surface area contributed by atoms with Crippen LogP contribution in [-0.2, 0) is 32.3 Å². The highest BCUT2D eigenvalue weighted by Gasteiger charge is 2.35. The number of nitrogens with zero attached hydrogens (tertiary/aromatic N) is 2. The third-order valence-electron chi connectivity index (χ3n) is 5.74. The summed E-state index contributed by atoms with van der Waals surface area (Å²) >= 11 is 0. The van der Waals surface area contributed by atoms with Crippen molar-refractivity contribution in [2.24, 2.45) is 5.92 Å². The van der Waals surface area contributed by atoms with Crippen LogP contribution < -0.4 is 9.62 Å². The lowest BCUT2D eigenvalue weighted by Gasteiger charge is -2.18. The Balaban J connectivity index is 1.37. The second-order valence-electron chi connectivity index (χ2n) is 8.15. The molecule has 2 aromatic carbocycles. The summed E-state index contributed by atoms with van der Waals surface area (Å²) in [6.45, 7) is 0.510. The Morgan fingerprint density at radius 1 is 1.12 bits per heavy atom. The molecule has 2 saturated heterocycles. The van der Waals surface area contributed by atoms with E-state index in [2.05, 4.69) is 5.32 Å². The van der Waals surface area contributed by atoms with E-state index < -0.39 is 27.7 Å². The van der Waals surface area contributed by atoms with Gasteiger partial charge in [-0.05, 0) is 48.4 Å². The van der Waals surface area contributed by atoms with Crippen LogP contribution in [0.25, 0.3) is 0 Å². The number of hydrogen-bond acceptors (Lipinski definition) is 4. The number of anilines is 2. The Morgan fingerprint density at radius 2 is 1.85 bits per heavy atom. The number of halogens is 3. The topological polar surface area (TPSA) is 86.8 Å². The van der Waals surface area contributed by atoms with Gasteiger partial charge in [0.25, 0.3) is 0 Å². The molecule has 0 radical (unpaired) electrons. The van der Waals surface area contributed by atoms with Crippen LogP contribution in [0.5, 0.6) is 0 Å². The minimum Gasteiger partial charge on any atom is -0.338 e. The molecule has 1 atom stereocenters. The molecule has 0 aliphatic carbocycles. The molecule has 0 saturated carbocycles. The van der Waals surface area contributed by atoms with E-state index in [0.717, 1.165) is 12.1 Å². The molecule has 2 aliphatic heterocycles. The fraction of sp³-hybridized carbons (Fsp3) is 0.364. The minimum absolute atomic E-state index is 0.00839. The number of carbonyl (C=O) groups excluding carboxylic acids is 2. The molecule has 1 N–H and O–H groups in total. The van der Waals surface area contributed by atoms with E-state index in [1.165, 1.54) is 21.3 Å². The molecule has 2 aromatic rings. The highest BCUT2D eigenvalue weighted by atomic mass is 32.2. The number of amides is 2. The van der Waals surface area contributed by atoms with Gasteiger partial charge in [0, 0.05) is 31.7 Å². The molecule has 2 fully saturated rings. The van der Waals surface area contributed by atoms with Crippen molar-refractivity contribution < 1.29 is 31.2 Å². The lowest BCUT2D eigenvalue weighted by Crippen LogP contribution is -2.28. The lowest BCUT2D eigenvalue weighted by molar-refractivity contribution is -0.137. The predicted molar refractivity (Wildman–Crippen MR) is 116 cm³/mol. The summed E-state index contributed by atoms with van der Waals surface area (Å²) in [6.07, 6.45) is -3.94. The highest BCUT2D eigenvalue weighted by molar-refractivity contribution is 7.93. The van der Waals surface area contributed by atoms with Crippen molar-refractivity contribution in [3.05, 3.63) is 59.7 Å². The molecule has 11 heteroatoms. The Bertz CT molecular complexity index is 1170. The largest absolute Gasteiger partial charge is 0.416 e. The molecule has 0 spiro atoms. The van der Waals surface area contributed by atoms with E-state index in [4.69, 9.17) is 0 Å². The zero-order valence-electron chi connectivity index (χ0n) is 17.5. The van der Waals surface area contributed by atoms with Crippen LogP contribution in [0.3, 0.4) is 0 Å². The molecule has 2 amide bonds. The van der Waals surface area contributed by atoms with Crippen molar-refractivity contribution in [3.8, 4) is 0 Å². The molecule has 4 rings (SSSR count). The van der Waals surface area contributed by atoms with Crippen LogP contribution in [0.1, 0.15) is 24.0 Å². The first-order valence-electron chi connectivity index (χ1n) is 10.4. The van der Waals surface area contributed by atoms with E-state index in [-0.39, 0.29) is 37.1 Å². The molecule has 2 aliphatic rings. The molecular weight excluding hydrogens is 459 g/mol. The van der Waals surface area contributed by atoms with Crippen molar-refractivity contribution in [2.45, 2.75) is 25.6 Å². The first-order chi connectivity index (χ1) is 15.5. The van der Waals surface area contributed by atoms with Gasteiger partial charge in [-0.2, -0.15) is 13.2 Å². The highest BCUT2D eigenvalue weighted by Crippen LogP contribution is 2.31. The van der Waals surface area contributed by atoms with Crippen LogP contribution in [0.2, 0.25) is 0 Å². The number of likely N-dealkylation sites (tertiary alicyclic amines) is 1. The van der Waals surface area contributed by atoms with E-state index >= 15 is 0 Å². The lowest BCUT2D eigenvalue weighted by atomic mass is 10.1.